The molecule has 0 fully saturated rings. The number of carbonyl (C=O) groups is 1. The number of aryl methyl sites for hydroxylation is 1. The Morgan fingerprint density at radius 3 is 2.73 bits per heavy atom. The molecule has 0 atom stereocenters. The Morgan fingerprint density at radius 1 is 1.18 bits per heavy atom. The monoisotopic (exact) mass is 303 g/mol. The maximum atomic E-state index is 12.7. The van der Waals surface area contributed by atoms with E-state index in [0.717, 1.165) is 11.6 Å². The Bertz CT molecular complexity index is 712. The first-order valence-corrected chi connectivity index (χ1v) is 6.91. The minimum Gasteiger partial charge on any atom is -0.481 e. The molecule has 0 unspecified atom stereocenters. The molecule has 0 saturated carbocycles. The highest BCUT2D eigenvalue weighted by Crippen LogP contribution is 2.23. The second kappa shape index (κ2) is 5.63. The molecule has 1 aliphatic heterocycles. The van der Waals surface area contributed by atoms with Crippen LogP contribution < -0.4 is 9.47 Å². The van der Waals surface area contributed by atoms with E-state index in [1.165, 1.54) is 14.2 Å². The number of amides is 1. The van der Waals surface area contributed by atoms with Gasteiger partial charge in [0.2, 0.25) is 11.8 Å². The van der Waals surface area contributed by atoms with Crippen LogP contribution in [0.25, 0.3) is 0 Å². The van der Waals surface area contributed by atoms with E-state index in [0.29, 0.717) is 31.1 Å². The lowest BCUT2D eigenvalue weighted by molar-refractivity contribution is 0.0702. The van der Waals surface area contributed by atoms with Crippen molar-refractivity contribution in [3.63, 3.8) is 0 Å². The molecule has 22 heavy (non-hydrogen) atoms. The molecular weight excluding hydrogens is 286 g/mol. The summed E-state index contributed by atoms with van der Waals surface area (Å²) in [6.45, 7) is 3.62. The van der Waals surface area contributed by atoms with Gasteiger partial charge in [0, 0.05) is 19.2 Å². The first-order valence-electron chi connectivity index (χ1n) is 6.91. The summed E-state index contributed by atoms with van der Waals surface area (Å²) in [6, 6.07) is 3.31. The Balaban J connectivity index is 1.86. The Hall–Kier alpha value is -2.64. The molecule has 0 aliphatic carbocycles. The molecule has 2 aromatic heterocycles. The van der Waals surface area contributed by atoms with Crippen LogP contribution in [-0.4, -0.2) is 51.3 Å². The number of hydrogen-bond acceptors (Lipinski definition) is 6. The van der Waals surface area contributed by atoms with Crippen molar-refractivity contribution in [2.24, 2.45) is 0 Å². The van der Waals surface area contributed by atoms with Crippen molar-refractivity contribution in [1.82, 2.24) is 24.6 Å². The number of nitrogens with zero attached hydrogens (tertiary/aromatic N) is 5. The summed E-state index contributed by atoms with van der Waals surface area (Å²) in [5.74, 6) is 2.18. The van der Waals surface area contributed by atoms with Crippen LogP contribution in [0.15, 0.2) is 12.1 Å². The number of rotatable bonds is 3. The Morgan fingerprint density at radius 2 is 2.00 bits per heavy atom. The first-order chi connectivity index (χ1) is 10.6. The molecule has 8 nitrogen and oxygen atoms in total. The van der Waals surface area contributed by atoms with E-state index in [1.807, 2.05) is 11.5 Å². The number of ether oxygens (including phenoxy) is 2. The van der Waals surface area contributed by atoms with Crippen molar-refractivity contribution in [1.29, 1.82) is 0 Å². The van der Waals surface area contributed by atoms with Gasteiger partial charge in [-0.3, -0.25) is 4.79 Å². The van der Waals surface area contributed by atoms with Crippen LogP contribution in [0.2, 0.25) is 0 Å². The topological polar surface area (TPSA) is 82.4 Å². The van der Waals surface area contributed by atoms with Gasteiger partial charge in [-0.25, -0.2) is 0 Å². The molecule has 0 spiro atoms. The van der Waals surface area contributed by atoms with Gasteiger partial charge in [-0.2, -0.15) is 4.98 Å². The van der Waals surface area contributed by atoms with Crippen LogP contribution in [0.1, 0.15) is 22.0 Å². The first kappa shape index (κ1) is 14.3. The third-order valence-electron chi connectivity index (χ3n) is 3.69. The van der Waals surface area contributed by atoms with Gasteiger partial charge in [0.25, 0.3) is 5.91 Å². The highest BCUT2D eigenvalue weighted by Gasteiger charge is 2.26. The summed E-state index contributed by atoms with van der Waals surface area (Å²) in [4.78, 5) is 18.6. The highest BCUT2D eigenvalue weighted by molar-refractivity contribution is 5.96. The van der Waals surface area contributed by atoms with Crippen molar-refractivity contribution in [3.05, 3.63) is 29.3 Å². The SMILES string of the molecule is COc1ccc(C(=O)N2CCn3c(C)nnc3C2)c(OC)n1. The molecule has 0 saturated heterocycles. The molecule has 8 heteroatoms. The van der Waals surface area contributed by atoms with Crippen molar-refractivity contribution in [2.75, 3.05) is 20.8 Å². The largest absolute Gasteiger partial charge is 0.481 e. The van der Waals surface area contributed by atoms with Gasteiger partial charge in [-0.1, -0.05) is 0 Å². The molecule has 0 aromatic carbocycles. The van der Waals surface area contributed by atoms with Gasteiger partial charge in [0.1, 0.15) is 11.4 Å². The van der Waals surface area contributed by atoms with Crippen LogP contribution in [0.5, 0.6) is 11.8 Å². The van der Waals surface area contributed by atoms with Gasteiger partial charge < -0.3 is 18.9 Å². The molecule has 1 aliphatic rings. The van der Waals surface area contributed by atoms with Crippen LogP contribution in [0, 0.1) is 6.92 Å². The third-order valence-corrected chi connectivity index (χ3v) is 3.69. The Labute approximate surface area is 127 Å². The number of aromatic nitrogens is 4. The minimum absolute atomic E-state index is 0.140. The van der Waals surface area contributed by atoms with Crippen molar-refractivity contribution in [2.45, 2.75) is 20.0 Å². The highest BCUT2D eigenvalue weighted by atomic mass is 16.5. The van der Waals surface area contributed by atoms with Crippen molar-refractivity contribution >= 4 is 5.91 Å². The summed E-state index contributed by atoms with van der Waals surface area (Å²) in [5, 5.41) is 8.15. The zero-order valence-electron chi connectivity index (χ0n) is 12.7. The van der Waals surface area contributed by atoms with Crippen molar-refractivity contribution < 1.29 is 14.3 Å². The van der Waals surface area contributed by atoms with Crippen LogP contribution in [0.3, 0.4) is 0 Å². The second-order valence-electron chi connectivity index (χ2n) is 4.95. The average Bonchev–Trinajstić information content (AvgIpc) is 2.94. The number of methoxy groups -OCH3 is 2. The lowest BCUT2D eigenvalue weighted by Gasteiger charge is -2.28. The zero-order valence-corrected chi connectivity index (χ0v) is 12.7. The summed E-state index contributed by atoms with van der Waals surface area (Å²) in [7, 11) is 3.00. The molecule has 0 radical (unpaired) electrons. The standard InChI is InChI=1S/C14H17N5O3/c1-9-16-17-11-8-18(6-7-19(9)11)14(20)10-4-5-12(21-2)15-13(10)22-3/h4-5H,6-8H2,1-3H3. The normalized spacial score (nSPS) is 13.7. The van der Waals surface area contributed by atoms with E-state index in [1.54, 1.807) is 17.0 Å². The molecular formula is C14H17N5O3. The predicted octanol–water partition coefficient (Wildman–Crippen LogP) is 0.655. The zero-order chi connectivity index (χ0) is 15.7. The number of hydrogen-bond donors (Lipinski definition) is 0. The number of carbonyl (C=O) groups excluding carboxylic acids is 1. The van der Waals surface area contributed by atoms with Crippen LogP contribution >= 0.6 is 0 Å². The minimum atomic E-state index is -0.140. The fraction of sp³-hybridized carbons (Fsp3) is 0.429. The lowest BCUT2D eigenvalue weighted by Crippen LogP contribution is -2.38. The van der Waals surface area contributed by atoms with Crippen molar-refractivity contribution in [3.8, 4) is 11.8 Å². The molecule has 3 rings (SSSR count). The molecule has 116 valence electrons. The number of fused-ring (bicyclic) bond motifs is 1. The van der Waals surface area contributed by atoms with Crippen LogP contribution in [0.4, 0.5) is 0 Å². The fourth-order valence-corrected chi connectivity index (χ4v) is 2.50. The quantitative estimate of drug-likeness (QED) is 0.828. The van der Waals surface area contributed by atoms with E-state index in [9.17, 15) is 4.79 Å². The summed E-state index contributed by atoms with van der Waals surface area (Å²) >= 11 is 0. The fourth-order valence-electron chi connectivity index (χ4n) is 2.50. The summed E-state index contributed by atoms with van der Waals surface area (Å²) < 4.78 is 12.3. The van der Waals surface area contributed by atoms with E-state index in [4.69, 9.17) is 9.47 Å². The smallest absolute Gasteiger partial charge is 0.259 e. The average molecular weight is 303 g/mol. The van der Waals surface area contributed by atoms with Gasteiger partial charge in [-0.15, -0.1) is 10.2 Å². The molecule has 3 heterocycles. The molecule has 2 aromatic rings. The maximum Gasteiger partial charge on any atom is 0.259 e. The third kappa shape index (κ3) is 2.36. The molecule has 1 amide bonds. The van der Waals surface area contributed by atoms with Gasteiger partial charge in [0.15, 0.2) is 5.82 Å². The Kier molecular flexibility index (Phi) is 3.66. The molecule has 0 N–H and O–H groups in total. The number of pyridine rings is 1. The van der Waals surface area contributed by atoms with E-state index >= 15 is 0 Å². The lowest BCUT2D eigenvalue weighted by atomic mass is 10.2. The van der Waals surface area contributed by atoms with Gasteiger partial charge >= 0.3 is 0 Å². The predicted molar refractivity (Wildman–Crippen MR) is 76.8 cm³/mol. The van der Waals surface area contributed by atoms with E-state index < -0.39 is 0 Å². The molecule has 0 bridgehead atoms. The van der Waals surface area contributed by atoms with E-state index in [2.05, 4.69) is 15.2 Å². The van der Waals surface area contributed by atoms with Gasteiger partial charge in [-0.05, 0) is 13.0 Å². The van der Waals surface area contributed by atoms with Gasteiger partial charge in [0.05, 0.1) is 20.8 Å². The summed E-state index contributed by atoms with van der Waals surface area (Å²) in [6.07, 6.45) is 0. The second-order valence-corrected chi connectivity index (χ2v) is 4.95. The maximum absolute atomic E-state index is 12.7. The summed E-state index contributed by atoms with van der Waals surface area (Å²) in [5.41, 5.74) is 0.410. The van der Waals surface area contributed by atoms with Crippen LogP contribution in [-0.2, 0) is 13.1 Å². The van der Waals surface area contributed by atoms with E-state index in [-0.39, 0.29) is 11.8 Å².